The van der Waals surface area contributed by atoms with Crippen LogP contribution in [0.4, 0.5) is 5.69 Å². The molecule has 0 aliphatic carbocycles. The number of nitro benzene ring substituents is 1. The molecule has 3 aromatic carbocycles. The standard InChI is InChI=1S/C20H14BrNO2/c21-18-11-6-15(7-12-18)5-8-16-3-1-2-4-20(16)17-9-13-19(14-10-17)22(23)24/h1-14H/b8-5+. The van der Waals surface area contributed by atoms with E-state index in [1.165, 1.54) is 12.1 Å². The van der Waals surface area contributed by atoms with Crippen LogP contribution in [0.3, 0.4) is 0 Å². The molecular weight excluding hydrogens is 366 g/mol. The van der Waals surface area contributed by atoms with Gasteiger partial charge in [-0.05, 0) is 46.5 Å². The Morgan fingerprint density at radius 3 is 2.17 bits per heavy atom. The molecule has 4 heteroatoms. The van der Waals surface area contributed by atoms with E-state index in [1.54, 1.807) is 12.1 Å². The fourth-order valence-electron chi connectivity index (χ4n) is 2.43. The van der Waals surface area contributed by atoms with Crippen LogP contribution in [0.15, 0.2) is 77.3 Å². The number of benzene rings is 3. The molecule has 0 unspecified atom stereocenters. The van der Waals surface area contributed by atoms with Gasteiger partial charge in [-0.15, -0.1) is 0 Å². The predicted octanol–water partition coefficient (Wildman–Crippen LogP) is 6.19. The van der Waals surface area contributed by atoms with E-state index in [0.717, 1.165) is 26.7 Å². The molecule has 0 N–H and O–H groups in total. The van der Waals surface area contributed by atoms with Crippen LogP contribution in [-0.2, 0) is 0 Å². The van der Waals surface area contributed by atoms with E-state index in [4.69, 9.17) is 0 Å². The van der Waals surface area contributed by atoms with Gasteiger partial charge in [0.05, 0.1) is 4.92 Å². The summed E-state index contributed by atoms with van der Waals surface area (Å²) in [4.78, 5) is 10.4. The van der Waals surface area contributed by atoms with Crippen LogP contribution >= 0.6 is 15.9 Å². The fourth-order valence-corrected chi connectivity index (χ4v) is 2.69. The van der Waals surface area contributed by atoms with E-state index in [0.29, 0.717) is 0 Å². The number of rotatable bonds is 4. The van der Waals surface area contributed by atoms with Crippen LogP contribution in [-0.4, -0.2) is 4.92 Å². The summed E-state index contributed by atoms with van der Waals surface area (Å²) in [7, 11) is 0. The van der Waals surface area contributed by atoms with Gasteiger partial charge in [-0.2, -0.15) is 0 Å². The number of nitro groups is 1. The molecule has 0 radical (unpaired) electrons. The molecule has 3 rings (SSSR count). The zero-order valence-corrected chi connectivity index (χ0v) is 14.3. The average molecular weight is 380 g/mol. The quantitative estimate of drug-likeness (QED) is 0.308. The van der Waals surface area contributed by atoms with Crippen LogP contribution in [0.1, 0.15) is 11.1 Å². The first-order valence-electron chi connectivity index (χ1n) is 7.41. The zero-order chi connectivity index (χ0) is 16.9. The van der Waals surface area contributed by atoms with Crippen molar-refractivity contribution >= 4 is 33.8 Å². The molecule has 0 heterocycles. The SMILES string of the molecule is O=[N+]([O-])c1ccc(-c2ccccc2/C=C/c2ccc(Br)cc2)cc1. The average Bonchev–Trinajstić information content (AvgIpc) is 2.61. The lowest BCUT2D eigenvalue weighted by Crippen LogP contribution is -1.88. The highest BCUT2D eigenvalue weighted by molar-refractivity contribution is 9.10. The molecular formula is C20H14BrNO2. The fraction of sp³-hybridized carbons (Fsp3) is 0. The first-order chi connectivity index (χ1) is 11.6. The van der Waals surface area contributed by atoms with Gasteiger partial charge >= 0.3 is 0 Å². The van der Waals surface area contributed by atoms with Gasteiger partial charge in [0.15, 0.2) is 0 Å². The third-order valence-electron chi connectivity index (χ3n) is 3.68. The number of hydrogen-bond donors (Lipinski definition) is 0. The summed E-state index contributed by atoms with van der Waals surface area (Å²) in [5.74, 6) is 0. The monoisotopic (exact) mass is 379 g/mol. The number of hydrogen-bond acceptors (Lipinski definition) is 2. The molecule has 0 fully saturated rings. The van der Waals surface area contributed by atoms with Crippen molar-refractivity contribution in [3.8, 4) is 11.1 Å². The summed E-state index contributed by atoms with van der Waals surface area (Å²) in [6, 6.07) is 22.7. The number of halogens is 1. The first kappa shape index (κ1) is 16.1. The van der Waals surface area contributed by atoms with E-state index in [1.807, 2.05) is 48.5 Å². The van der Waals surface area contributed by atoms with Gasteiger partial charge < -0.3 is 0 Å². The van der Waals surface area contributed by atoms with Crippen molar-refractivity contribution < 1.29 is 4.92 Å². The highest BCUT2D eigenvalue weighted by Gasteiger charge is 2.07. The van der Waals surface area contributed by atoms with Crippen molar-refractivity contribution in [3.63, 3.8) is 0 Å². The second-order valence-electron chi connectivity index (χ2n) is 5.28. The van der Waals surface area contributed by atoms with Crippen LogP contribution in [0, 0.1) is 10.1 Å². The normalized spacial score (nSPS) is 10.9. The lowest BCUT2D eigenvalue weighted by molar-refractivity contribution is -0.384. The minimum atomic E-state index is -0.386. The molecule has 0 saturated heterocycles. The molecule has 0 aromatic heterocycles. The van der Waals surface area contributed by atoms with Gasteiger partial charge in [0.25, 0.3) is 5.69 Å². The van der Waals surface area contributed by atoms with Crippen LogP contribution in [0.5, 0.6) is 0 Å². The van der Waals surface area contributed by atoms with Gasteiger partial charge in [-0.3, -0.25) is 10.1 Å². The van der Waals surface area contributed by atoms with Gasteiger partial charge in [0.1, 0.15) is 0 Å². The number of nitrogens with zero attached hydrogens (tertiary/aromatic N) is 1. The third kappa shape index (κ3) is 3.78. The van der Waals surface area contributed by atoms with Crippen molar-refractivity contribution in [2.75, 3.05) is 0 Å². The Labute approximate surface area is 148 Å². The molecule has 118 valence electrons. The minimum absolute atomic E-state index is 0.0987. The van der Waals surface area contributed by atoms with Crippen molar-refractivity contribution in [2.45, 2.75) is 0 Å². The first-order valence-corrected chi connectivity index (χ1v) is 8.20. The Morgan fingerprint density at radius 2 is 1.50 bits per heavy atom. The molecule has 0 aliphatic rings. The van der Waals surface area contributed by atoms with Crippen molar-refractivity contribution in [2.24, 2.45) is 0 Å². The summed E-state index contributed by atoms with van der Waals surface area (Å²) in [6.45, 7) is 0. The third-order valence-corrected chi connectivity index (χ3v) is 4.20. The Kier molecular flexibility index (Phi) is 4.87. The van der Waals surface area contributed by atoms with Gasteiger partial charge in [0.2, 0.25) is 0 Å². The summed E-state index contributed by atoms with van der Waals surface area (Å²) in [5, 5.41) is 10.8. The van der Waals surface area contributed by atoms with Crippen LogP contribution < -0.4 is 0 Å². The van der Waals surface area contributed by atoms with Crippen molar-refractivity contribution in [1.29, 1.82) is 0 Å². The van der Waals surface area contributed by atoms with Gasteiger partial charge in [-0.1, -0.05) is 64.5 Å². The highest BCUT2D eigenvalue weighted by atomic mass is 79.9. The Hall–Kier alpha value is -2.72. The predicted molar refractivity (Wildman–Crippen MR) is 102 cm³/mol. The molecule has 0 amide bonds. The Morgan fingerprint density at radius 1 is 0.833 bits per heavy atom. The highest BCUT2D eigenvalue weighted by Crippen LogP contribution is 2.27. The summed E-state index contributed by atoms with van der Waals surface area (Å²) >= 11 is 3.43. The molecule has 0 saturated carbocycles. The van der Waals surface area contributed by atoms with Gasteiger partial charge in [0, 0.05) is 16.6 Å². The smallest absolute Gasteiger partial charge is 0.258 e. The van der Waals surface area contributed by atoms with E-state index in [9.17, 15) is 10.1 Å². The summed E-state index contributed by atoms with van der Waals surface area (Å²) in [6.07, 6.45) is 4.11. The lowest BCUT2D eigenvalue weighted by atomic mass is 9.98. The van der Waals surface area contributed by atoms with E-state index < -0.39 is 0 Å². The second-order valence-corrected chi connectivity index (χ2v) is 6.19. The van der Waals surface area contributed by atoms with E-state index >= 15 is 0 Å². The Balaban J connectivity index is 1.93. The maximum atomic E-state index is 10.8. The van der Waals surface area contributed by atoms with Crippen molar-refractivity contribution in [3.05, 3.63) is 98.5 Å². The maximum Gasteiger partial charge on any atom is 0.269 e. The van der Waals surface area contributed by atoms with E-state index in [-0.39, 0.29) is 10.6 Å². The summed E-state index contributed by atoms with van der Waals surface area (Å²) < 4.78 is 1.05. The maximum absolute atomic E-state index is 10.8. The van der Waals surface area contributed by atoms with Crippen LogP contribution in [0.25, 0.3) is 23.3 Å². The topological polar surface area (TPSA) is 43.1 Å². The largest absolute Gasteiger partial charge is 0.269 e. The minimum Gasteiger partial charge on any atom is -0.258 e. The van der Waals surface area contributed by atoms with E-state index in [2.05, 4.69) is 28.1 Å². The molecule has 24 heavy (non-hydrogen) atoms. The Bertz CT molecular complexity index is 884. The van der Waals surface area contributed by atoms with Crippen molar-refractivity contribution in [1.82, 2.24) is 0 Å². The molecule has 0 bridgehead atoms. The molecule has 3 aromatic rings. The molecule has 3 nitrogen and oxygen atoms in total. The lowest BCUT2D eigenvalue weighted by Gasteiger charge is -2.06. The molecule has 0 aliphatic heterocycles. The van der Waals surface area contributed by atoms with Crippen LogP contribution in [0.2, 0.25) is 0 Å². The van der Waals surface area contributed by atoms with Gasteiger partial charge in [-0.25, -0.2) is 0 Å². The molecule has 0 atom stereocenters. The number of non-ortho nitro benzene ring substituents is 1. The second kappa shape index (κ2) is 7.23. The summed E-state index contributed by atoms with van der Waals surface area (Å²) in [5.41, 5.74) is 4.27. The molecule has 0 spiro atoms. The zero-order valence-electron chi connectivity index (χ0n) is 12.7.